The van der Waals surface area contributed by atoms with E-state index >= 15 is 0 Å². The predicted molar refractivity (Wildman–Crippen MR) is 115 cm³/mol. The average Bonchev–Trinajstić information content (AvgIpc) is 3.24. The quantitative estimate of drug-likeness (QED) is 0.405. The summed E-state index contributed by atoms with van der Waals surface area (Å²) in [5, 5.41) is 30.7. The molecule has 10 nitrogen and oxygen atoms in total. The third-order valence-corrected chi connectivity index (χ3v) is 4.61. The number of hydrogen-bond acceptors (Lipinski definition) is 7. The van der Waals surface area contributed by atoms with Crippen LogP contribution in [0.25, 0.3) is 0 Å². The SMILES string of the molecule is CC(C)(CNc1ccc(C(F)(F)F)cn1)NCC(=O)N1CCC[C@H]1C#N.O=C(O)/C=C/C(=O)O. The van der Waals surface area contributed by atoms with E-state index < -0.39 is 29.2 Å². The molecule has 1 aromatic rings. The number of pyridine rings is 1. The van der Waals surface area contributed by atoms with Crippen molar-refractivity contribution in [3.05, 3.63) is 36.0 Å². The average molecular weight is 485 g/mol. The summed E-state index contributed by atoms with van der Waals surface area (Å²) in [5.74, 6) is -2.32. The Bertz CT molecular complexity index is 910. The highest BCUT2D eigenvalue weighted by Crippen LogP contribution is 2.28. The van der Waals surface area contributed by atoms with Gasteiger partial charge >= 0.3 is 18.1 Å². The molecule has 0 saturated carbocycles. The van der Waals surface area contributed by atoms with Crippen molar-refractivity contribution >= 4 is 23.7 Å². The maximum Gasteiger partial charge on any atom is 0.417 e. The van der Waals surface area contributed by atoms with E-state index in [1.54, 1.807) is 4.90 Å². The van der Waals surface area contributed by atoms with Crippen molar-refractivity contribution in [3.63, 3.8) is 0 Å². The number of anilines is 1. The number of aliphatic carboxylic acids is 2. The summed E-state index contributed by atoms with van der Waals surface area (Å²) in [7, 11) is 0. The molecule has 0 radical (unpaired) electrons. The highest BCUT2D eigenvalue weighted by atomic mass is 19.4. The van der Waals surface area contributed by atoms with Crippen LogP contribution in [0.3, 0.4) is 0 Å². The Morgan fingerprint density at radius 2 is 1.85 bits per heavy atom. The Balaban J connectivity index is 0.000000620. The smallest absolute Gasteiger partial charge is 0.417 e. The normalized spacial score (nSPS) is 15.9. The Hall–Kier alpha value is -3.66. The van der Waals surface area contributed by atoms with Gasteiger partial charge in [0, 0.05) is 37.0 Å². The second kappa shape index (κ2) is 12.5. The molecular weight excluding hydrogens is 459 g/mol. The zero-order valence-electron chi connectivity index (χ0n) is 18.6. The molecule has 0 aliphatic carbocycles. The molecule has 1 saturated heterocycles. The highest BCUT2D eigenvalue weighted by molar-refractivity contribution is 5.89. The van der Waals surface area contributed by atoms with Gasteiger partial charge in [0.05, 0.1) is 18.2 Å². The summed E-state index contributed by atoms with van der Waals surface area (Å²) in [6.45, 7) is 4.77. The van der Waals surface area contributed by atoms with Crippen LogP contribution in [0, 0.1) is 11.3 Å². The molecule has 1 fully saturated rings. The Labute approximate surface area is 194 Å². The molecule has 0 aromatic carbocycles. The van der Waals surface area contributed by atoms with Gasteiger partial charge in [-0.2, -0.15) is 18.4 Å². The number of amides is 1. The van der Waals surface area contributed by atoms with Gasteiger partial charge in [0.15, 0.2) is 0 Å². The minimum atomic E-state index is -4.41. The largest absolute Gasteiger partial charge is 0.478 e. The van der Waals surface area contributed by atoms with Gasteiger partial charge in [-0.05, 0) is 38.8 Å². The number of carbonyl (C=O) groups is 3. The number of nitriles is 1. The lowest BCUT2D eigenvalue weighted by molar-refractivity contribution is -0.138. The van der Waals surface area contributed by atoms with Gasteiger partial charge in [0.25, 0.3) is 0 Å². The topological polar surface area (TPSA) is 156 Å². The molecule has 2 heterocycles. The number of aromatic nitrogens is 1. The third kappa shape index (κ3) is 10.3. The van der Waals surface area contributed by atoms with E-state index in [2.05, 4.69) is 21.7 Å². The van der Waals surface area contributed by atoms with Gasteiger partial charge in [0.2, 0.25) is 5.91 Å². The second-order valence-corrected chi connectivity index (χ2v) is 7.90. The van der Waals surface area contributed by atoms with Gasteiger partial charge in [0.1, 0.15) is 11.9 Å². The first-order chi connectivity index (χ1) is 15.7. The van der Waals surface area contributed by atoms with Gasteiger partial charge in [-0.3, -0.25) is 4.79 Å². The number of nitrogens with zero attached hydrogens (tertiary/aromatic N) is 3. The molecule has 0 spiro atoms. The van der Waals surface area contributed by atoms with Crippen LogP contribution >= 0.6 is 0 Å². The van der Waals surface area contributed by atoms with Crippen LogP contribution < -0.4 is 10.6 Å². The van der Waals surface area contributed by atoms with E-state index in [1.807, 2.05) is 13.8 Å². The van der Waals surface area contributed by atoms with Gasteiger partial charge in [-0.15, -0.1) is 0 Å². The second-order valence-electron chi connectivity index (χ2n) is 7.90. The lowest BCUT2D eigenvalue weighted by Gasteiger charge is -2.28. The molecule has 4 N–H and O–H groups in total. The molecule has 1 aliphatic heterocycles. The standard InChI is InChI=1S/C17H22F3N5O.C4H4O4/c1-16(2,24-10-15(26)25-7-3-4-13(25)8-21)11-23-14-6-5-12(9-22-14)17(18,19)20;5-3(6)1-2-4(7)8/h5-6,9,13,24H,3-4,7,10-11H2,1-2H3,(H,22,23);1-2H,(H,5,6)(H,7,8)/b;2-1+/t13-;/m0./s1. The predicted octanol–water partition coefficient (Wildman–Crippen LogP) is 2.11. The van der Waals surface area contributed by atoms with Crippen molar-refractivity contribution in [3.8, 4) is 6.07 Å². The van der Waals surface area contributed by atoms with Crippen LogP contribution in [0.15, 0.2) is 30.5 Å². The fourth-order valence-electron chi connectivity index (χ4n) is 2.80. The van der Waals surface area contributed by atoms with Crippen LogP contribution in [0.1, 0.15) is 32.3 Å². The molecule has 1 aliphatic rings. The molecule has 1 atom stereocenters. The number of alkyl halides is 3. The molecule has 1 amide bonds. The van der Waals surface area contributed by atoms with Crippen LogP contribution in [0.5, 0.6) is 0 Å². The summed E-state index contributed by atoms with van der Waals surface area (Å²) in [4.78, 5) is 36.7. The summed E-state index contributed by atoms with van der Waals surface area (Å²) in [5.41, 5.74) is -1.30. The minimum absolute atomic E-state index is 0.0906. The van der Waals surface area contributed by atoms with Gasteiger partial charge < -0.3 is 25.7 Å². The fraction of sp³-hybridized carbons (Fsp3) is 0.476. The number of nitrogens with one attached hydrogen (secondary N) is 2. The van der Waals surface area contributed by atoms with E-state index in [9.17, 15) is 27.6 Å². The van der Waals surface area contributed by atoms with Crippen molar-refractivity contribution in [2.24, 2.45) is 0 Å². The molecule has 2 rings (SSSR count). The molecular formula is C21H26F3N5O5. The van der Waals surface area contributed by atoms with Crippen molar-refractivity contribution in [2.45, 2.75) is 44.4 Å². The van der Waals surface area contributed by atoms with E-state index in [4.69, 9.17) is 15.5 Å². The van der Waals surface area contributed by atoms with E-state index in [0.29, 0.717) is 37.5 Å². The fourth-order valence-corrected chi connectivity index (χ4v) is 2.80. The number of hydrogen-bond donors (Lipinski definition) is 4. The Morgan fingerprint density at radius 3 is 2.32 bits per heavy atom. The minimum Gasteiger partial charge on any atom is -0.478 e. The van der Waals surface area contributed by atoms with Crippen LogP contribution in [0.4, 0.5) is 19.0 Å². The van der Waals surface area contributed by atoms with Crippen LogP contribution in [-0.2, 0) is 20.6 Å². The molecule has 0 bridgehead atoms. The van der Waals surface area contributed by atoms with Crippen molar-refractivity contribution in [1.29, 1.82) is 5.26 Å². The van der Waals surface area contributed by atoms with Gasteiger partial charge in [-0.25, -0.2) is 14.6 Å². The highest BCUT2D eigenvalue weighted by Gasteiger charge is 2.31. The third-order valence-electron chi connectivity index (χ3n) is 4.61. The van der Waals surface area contributed by atoms with Crippen molar-refractivity contribution in [2.75, 3.05) is 25.0 Å². The number of carboxylic acid groups (broad SMARTS) is 2. The summed E-state index contributed by atoms with van der Waals surface area (Å²) >= 11 is 0. The Morgan fingerprint density at radius 1 is 1.24 bits per heavy atom. The zero-order valence-corrected chi connectivity index (χ0v) is 18.6. The monoisotopic (exact) mass is 485 g/mol. The first kappa shape index (κ1) is 28.4. The molecule has 13 heteroatoms. The Kier molecular flexibility index (Phi) is 10.5. The first-order valence-electron chi connectivity index (χ1n) is 10.1. The lowest BCUT2D eigenvalue weighted by Crippen LogP contribution is -2.50. The number of likely N-dealkylation sites (tertiary alicyclic amines) is 1. The molecule has 1 aromatic heterocycles. The van der Waals surface area contributed by atoms with Crippen molar-refractivity contribution < 1.29 is 37.8 Å². The van der Waals surface area contributed by atoms with E-state index in [0.717, 1.165) is 18.7 Å². The zero-order chi connectivity index (χ0) is 25.9. The molecule has 0 unspecified atom stereocenters. The molecule has 186 valence electrons. The van der Waals surface area contributed by atoms with Gasteiger partial charge in [-0.1, -0.05) is 0 Å². The number of carboxylic acids is 2. The lowest BCUT2D eigenvalue weighted by atomic mass is 10.1. The van der Waals surface area contributed by atoms with Crippen LogP contribution in [0.2, 0.25) is 0 Å². The van der Waals surface area contributed by atoms with Crippen LogP contribution in [-0.4, -0.2) is 69.2 Å². The number of carbonyl (C=O) groups excluding carboxylic acids is 1. The summed E-state index contributed by atoms with van der Waals surface area (Å²) in [6.07, 6.45) is -0.989. The first-order valence-corrected chi connectivity index (χ1v) is 10.1. The van der Waals surface area contributed by atoms with E-state index in [1.165, 1.54) is 6.07 Å². The van der Waals surface area contributed by atoms with E-state index in [-0.39, 0.29) is 18.5 Å². The summed E-state index contributed by atoms with van der Waals surface area (Å²) in [6, 6.07) is 4.01. The van der Waals surface area contributed by atoms with Crippen molar-refractivity contribution in [1.82, 2.24) is 15.2 Å². The summed E-state index contributed by atoms with van der Waals surface area (Å²) < 4.78 is 37.6. The maximum absolute atomic E-state index is 12.5. The maximum atomic E-state index is 12.5. The number of rotatable bonds is 8. The number of halogens is 3. The molecule has 34 heavy (non-hydrogen) atoms.